The van der Waals surface area contributed by atoms with Crippen LogP contribution in [0.3, 0.4) is 0 Å². The van der Waals surface area contributed by atoms with Crippen LogP contribution in [-0.4, -0.2) is 17.3 Å². The van der Waals surface area contributed by atoms with Gasteiger partial charge in [0.05, 0.1) is 5.54 Å². The molecule has 17 heavy (non-hydrogen) atoms. The van der Waals surface area contributed by atoms with Crippen molar-refractivity contribution in [3.63, 3.8) is 0 Å². The molecule has 0 saturated heterocycles. The van der Waals surface area contributed by atoms with Crippen LogP contribution >= 0.6 is 11.6 Å². The second-order valence-corrected chi connectivity index (χ2v) is 5.63. The first-order chi connectivity index (χ1) is 8.15. The number of hydrogen-bond donors (Lipinski definition) is 1. The Morgan fingerprint density at radius 1 is 1.29 bits per heavy atom. The smallest absolute Gasteiger partial charge is 0.220 e. The third-order valence-electron chi connectivity index (χ3n) is 4.27. The van der Waals surface area contributed by atoms with E-state index in [9.17, 15) is 4.79 Å². The predicted octanol–water partition coefficient (Wildman–Crippen LogP) is 3.87. The maximum atomic E-state index is 11.9. The molecule has 1 N–H and O–H groups in total. The summed E-state index contributed by atoms with van der Waals surface area (Å²) >= 11 is 5.98. The maximum absolute atomic E-state index is 11.9. The molecule has 1 fully saturated rings. The quantitative estimate of drug-likeness (QED) is 0.691. The van der Waals surface area contributed by atoms with E-state index in [0.29, 0.717) is 12.3 Å². The molecule has 1 saturated carbocycles. The minimum atomic E-state index is -0.186. The number of nitrogens with one attached hydrogen (secondary N) is 1. The maximum Gasteiger partial charge on any atom is 0.220 e. The summed E-state index contributed by atoms with van der Waals surface area (Å²) in [6.45, 7) is 4.17. The zero-order valence-corrected chi connectivity index (χ0v) is 12.0. The highest BCUT2D eigenvalue weighted by molar-refractivity contribution is 6.18. The summed E-state index contributed by atoms with van der Waals surface area (Å²) in [7, 11) is 0. The molecule has 0 aromatic carbocycles. The summed E-state index contributed by atoms with van der Waals surface area (Å²) in [4.78, 5) is 11.9. The van der Waals surface area contributed by atoms with Crippen molar-refractivity contribution in [2.75, 3.05) is 5.88 Å². The van der Waals surface area contributed by atoms with Gasteiger partial charge >= 0.3 is 0 Å². The lowest BCUT2D eigenvalue weighted by Crippen LogP contribution is -2.49. The van der Waals surface area contributed by atoms with Crippen molar-refractivity contribution in [2.45, 2.75) is 70.8 Å². The highest BCUT2D eigenvalue weighted by Crippen LogP contribution is 2.28. The van der Waals surface area contributed by atoms with Gasteiger partial charge in [0.15, 0.2) is 0 Å². The molecule has 0 aliphatic heterocycles. The van der Waals surface area contributed by atoms with Crippen LogP contribution in [0, 0.1) is 5.92 Å². The molecular formula is C14H26ClNO. The summed E-state index contributed by atoms with van der Waals surface area (Å²) in [6, 6.07) is 0. The molecule has 3 heteroatoms. The average molecular weight is 260 g/mol. The Morgan fingerprint density at radius 2 is 1.88 bits per heavy atom. The Hall–Kier alpha value is -0.240. The van der Waals surface area contributed by atoms with E-state index in [0.717, 1.165) is 25.2 Å². The predicted molar refractivity (Wildman–Crippen MR) is 73.4 cm³/mol. The first-order valence-electron chi connectivity index (χ1n) is 7.02. The Labute approximate surface area is 110 Å². The Bertz CT molecular complexity index is 224. The van der Waals surface area contributed by atoms with Gasteiger partial charge in [0.25, 0.3) is 0 Å². The summed E-state index contributed by atoms with van der Waals surface area (Å²) in [5.74, 6) is 1.48. The number of halogens is 1. The van der Waals surface area contributed by atoms with Crippen molar-refractivity contribution >= 4 is 17.5 Å². The summed E-state index contributed by atoms with van der Waals surface area (Å²) < 4.78 is 0. The lowest BCUT2D eigenvalue weighted by molar-refractivity contribution is -0.123. The molecule has 0 aromatic heterocycles. The largest absolute Gasteiger partial charge is 0.349 e. The van der Waals surface area contributed by atoms with E-state index in [1.54, 1.807) is 0 Å². The highest BCUT2D eigenvalue weighted by Gasteiger charge is 2.27. The van der Waals surface area contributed by atoms with E-state index >= 15 is 0 Å². The van der Waals surface area contributed by atoms with Gasteiger partial charge in [0.1, 0.15) is 0 Å². The zero-order valence-electron chi connectivity index (χ0n) is 11.2. The first-order valence-corrected chi connectivity index (χ1v) is 7.56. The average Bonchev–Trinajstić information content (AvgIpc) is 2.87. The minimum Gasteiger partial charge on any atom is -0.349 e. The third-order valence-corrected chi connectivity index (χ3v) is 4.78. The molecule has 0 spiro atoms. The van der Waals surface area contributed by atoms with Crippen LogP contribution in [0.15, 0.2) is 0 Å². The molecule has 1 aliphatic carbocycles. The van der Waals surface area contributed by atoms with E-state index in [4.69, 9.17) is 11.6 Å². The van der Waals surface area contributed by atoms with Crippen LogP contribution in [0.4, 0.5) is 0 Å². The van der Waals surface area contributed by atoms with Gasteiger partial charge in [-0.1, -0.05) is 39.5 Å². The van der Waals surface area contributed by atoms with Crippen LogP contribution in [0.2, 0.25) is 0 Å². The molecular weight excluding hydrogens is 234 g/mol. The molecule has 0 heterocycles. The molecule has 2 nitrogen and oxygen atoms in total. The van der Waals surface area contributed by atoms with Crippen molar-refractivity contribution in [3.8, 4) is 0 Å². The lowest BCUT2D eigenvalue weighted by atomic mass is 9.94. The van der Waals surface area contributed by atoms with Gasteiger partial charge < -0.3 is 5.32 Å². The van der Waals surface area contributed by atoms with Crippen molar-refractivity contribution in [2.24, 2.45) is 5.92 Å². The van der Waals surface area contributed by atoms with Crippen LogP contribution in [-0.2, 0) is 4.79 Å². The standard InChI is InChI=1S/C14H26ClNO/c1-3-14(4-2,11-15)16-13(17)10-9-12-7-5-6-8-12/h12H,3-11H2,1-2H3,(H,16,17). The Morgan fingerprint density at radius 3 is 2.35 bits per heavy atom. The Kier molecular flexibility index (Phi) is 6.32. The molecule has 0 atom stereocenters. The van der Waals surface area contributed by atoms with Gasteiger partial charge in [-0.25, -0.2) is 0 Å². The fraction of sp³-hybridized carbons (Fsp3) is 0.929. The van der Waals surface area contributed by atoms with E-state index in [1.165, 1.54) is 25.7 Å². The van der Waals surface area contributed by atoms with Gasteiger partial charge in [0, 0.05) is 12.3 Å². The second kappa shape index (κ2) is 7.25. The molecule has 0 unspecified atom stereocenters. The molecule has 1 amide bonds. The van der Waals surface area contributed by atoms with Gasteiger partial charge in [-0.15, -0.1) is 11.6 Å². The van der Waals surface area contributed by atoms with Crippen molar-refractivity contribution in [3.05, 3.63) is 0 Å². The highest BCUT2D eigenvalue weighted by atomic mass is 35.5. The molecule has 1 rings (SSSR count). The Balaban J connectivity index is 2.31. The molecule has 100 valence electrons. The third kappa shape index (κ3) is 4.50. The number of carbonyl (C=O) groups excluding carboxylic acids is 1. The minimum absolute atomic E-state index is 0.182. The van der Waals surface area contributed by atoms with Crippen molar-refractivity contribution < 1.29 is 4.79 Å². The fourth-order valence-corrected chi connectivity index (χ4v) is 3.09. The normalized spacial score (nSPS) is 17.4. The summed E-state index contributed by atoms with van der Waals surface area (Å²) in [5.41, 5.74) is -0.186. The molecule has 0 aromatic rings. The van der Waals surface area contributed by atoms with Crippen LogP contribution in [0.1, 0.15) is 65.2 Å². The van der Waals surface area contributed by atoms with Crippen molar-refractivity contribution in [1.29, 1.82) is 0 Å². The SMILES string of the molecule is CCC(CC)(CCl)NC(=O)CCC1CCCC1. The number of alkyl halides is 1. The van der Waals surface area contributed by atoms with E-state index in [1.807, 2.05) is 0 Å². The van der Waals surface area contributed by atoms with E-state index < -0.39 is 0 Å². The number of rotatable bonds is 7. The molecule has 0 bridgehead atoms. The number of hydrogen-bond acceptors (Lipinski definition) is 1. The second-order valence-electron chi connectivity index (χ2n) is 5.36. The van der Waals surface area contributed by atoms with E-state index in [2.05, 4.69) is 19.2 Å². The first kappa shape index (κ1) is 14.8. The fourth-order valence-electron chi connectivity index (χ4n) is 2.64. The zero-order chi connectivity index (χ0) is 12.7. The van der Waals surface area contributed by atoms with Crippen molar-refractivity contribution in [1.82, 2.24) is 5.32 Å². The lowest BCUT2D eigenvalue weighted by Gasteiger charge is -2.30. The van der Waals surface area contributed by atoms with Gasteiger partial charge in [-0.05, 0) is 25.2 Å². The number of amides is 1. The van der Waals surface area contributed by atoms with Gasteiger partial charge in [-0.3, -0.25) is 4.79 Å². The van der Waals surface area contributed by atoms with E-state index in [-0.39, 0.29) is 11.4 Å². The van der Waals surface area contributed by atoms with Gasteiger partial charge in [0.2, 0.25) is 5.91 Å². The topological polar surface area (TPSA) is 29.1 Å². The monoisotopic (exact) mass is 259 g/mol. The summed E-state index contributed by atoms with van der Waals surface area (Å²) in [6.07, 6.45) is 8.86. The molecule has 0 radical (unpaired) electrons. The van der Waals surface area contributed by atoms with Crippen LogP contribution in [0.5, 0.6) is 0 Å². The molecule has 1 aliphatic rings. The van der Waals surface area contributed by atoms with Crippen LogP contribution in [0.25, 0.3) is 0 Å². The van der Waals surface area contributed by atoms with Gasteiger partial charge in [-0.2, -0.15) is 0 Å². The summed E-state index contributed by atoms with van der Waals surface area (Å²) in [5, 5.41) is 3.13. The van der Waals surface area contributed by atoms with Crippen LogP contribution < -0.4 is 5.32 Å². The number of carbonyl (C=O) groups is 1.